The lowest BCUT2D eigenvalue weighted by Gasteiger charge is -2.09. The normalized spacial score (nSPS) is 18.0. The first-order valence-corrected chi connectivity index (χ1v) is 7.31. The van der Waals surface area contributed by atoms with E-state index < -0.39 is 10.0 Å². The van der Waals surface area contributed by atoms with Gasteiger partial charge in [-0.3, -0.25) is 0 Å². The Morgan fingerprint density at radius 3 is 2.81 bits per heavy atom. The second-order valence-corrected chi connectivity index (χ2v) is 6.23. The standard InChI is InChI=1S/C9H13NO4S2/c11-16(12,9-2-1-7-15-9)10-4-3-8-13-5-6-14-8/h1-2,7-8,10H,3-6H2. The molecule has 0 aliphatic carbocycles. The van der Waals surface area contributed by atoms with Gasteiger partial charge in [0.1, 0.15) is 4.21 Å². The van der Waals surface area contributed by atoms with Gasteiger partial charge in [-0.1, -0.05) is 6.07 Å². The first kappa shape index (κ1) is 12.0. The molecule has 0 bridgehead atoms. The van der Waals surface area contributed by atoms with Crippen LogP contribution in [0, 0.1) is 0 Å². The molecule has 2 heterocycles. The van der Waals surface area contributed by atoms with E-state index in [1.807, 2.05) is 0 Å². The summed E-state index contributed by atoms with van der Waals surface area (Å²) < 4.78 is 36.6. The molecule has 1 aliphatic heterocycles. The highest BCUT2D eigenvalue weighted by molar-refractivity contribution is 7.91. The molecule has 1 aromatic rings. The van der Waals surface area contributed by atoms with Crippen molar-refractivity contribution in [2.24, 2.45) is 0 Å². The van der Waals surface area contributed by atoms with Crippen LogP contribution < -0.4 is 4.72 Å². The van der Waals surface area contributed by atoms with Gasteiger partial charge in [-0.25, -0.2) is 13.1 Å². The molecule has 1 aromatic heterocycles. The Bertz CT molecular complexity index is 409. The van der Waals surface area contributed by atoms with Crippen LogP contribution in [-0.2, 0) is 19.5 Å². The molecular formula is C9H13NO4S2. The second kappa shape index (κ2) is 5.24. The van der Waals surface area contributed by atoms with E-state index in [-0.39, 0.29) is 6.29 Å². The fraction of sp³-hybridized carbons (Fsp3) is 0.556. The molecule has 2 rings (SSSR count). The third-order valence-electron chi connectivity index (χ3n) is 2.12. The minimum absolute atomic E-state index is 0.272. The Morgan fingerprint density at radius 1 is 1.44 bits per heavy atom. The highest BCUT2D eigenvalue weighted by atomic mass is 32.2. The van der Waals surface area contributed by atoms with Crippen LogP contribution in [0.2, 0.25) is 0 Å². The topological polar surface area (TPSA) is 64.6 Å². The highest BCUT2D eigenvalue weighted by Crippen LogP contribution is 2.15. The molecular weight excluding hydrogens is 250 g/mol. The van der Waals surface area contributed by atoms with E-state index in [9.17, 15) is 8.42 Å². The lowest BCUT2D eigenvalue weighted by Crippen LogP contribution is -2.27. The second-order valence-electron chi connectivity index (χ2n) is 3.29. The lowest BCUT2D eigenvalue weighted by atomic mass is 10.4. The molecule has 1 aliphatic rings. The van der Waals surface area contributed by atoms with Gasteiger partial charge in [-0.2, -0.15) is 0 Å². The maximum absolute atomic E-state index is 11.7. The summed E-state index contributed by atoms with van der Waals surface area (Å²) in [6.45, 7) is 1.50. The van der Waals surface area contributed by atoms with Crippen molar-refractivity contribution in [3.63, 3.8) is 0 Å². The van der Waals surface area contributed by atoms with Gasteiger partial charge in [-0.05, 0) is 11.4 Å². The van der Waals surface area contributed by atoms with E-state index in [4.69, 9.17) is 9.47 Å². The van der Waals surface area contributed by atoms with Crippen LogP contribution in [0.3, 0.4) is 0 Å². The third kappa shape index (κ3) is 3.02. The summed E-state index contributed by atoms with van der Waals surface area (Å²) in [6, 6.07) is 3.29. The van der Waals surface area contributed by atoms with Crippen molar-refractivity contribution in [2.45, 2.75) is 16.9 Å². The Kier molecular flexibility index (Phi) is 3.93. The minimum Gasteiger partial charge on any atom is -0.350 e. The number of sulfonamides is 1. The fourth-order valence-electron chi connectivity index (χ4n) is 1.37. The fourth-order valence-corrected chi connectivity index (χ4v) is 3.46. The van der Waals surface area contributed by atoms with Crippen LogP contribution >= 0.6 is 11.3 Å². The molecule has 16 heavy (non-hydrogen) atoms. The number of hydrogen-bond acceptors (Lipinski definition) is 5. The molecule has 0 aromatic carbocycles. The van der Waals surface area contributed by atoms with Crippen molar-refractivity contribution in [2.75, 3.05) is 19.8 Å². The van der Waals surface area contributed by atoms with Gasteiger partial charge in [0.2, 0.25) is 10.0 Å². The largest absolute Gasteiger partial charge is 0.350 e. The van der Waals surface area contributed by atoms with Crippen LogP contribution in [0.5, 0.6) is 0 Å². The zero-order valence-electron chi connectivity index (χ0n) is 8.59. The average molecular weight is 263 g/mol. The van der Waals surface area contributed by atoms with Gasteiger partial charge in [0, 0.05) is 13.0 Å². The molecule has 1 saturated heterocycles. The zero-order chi connectivity index (χ0) is 11.4. The Morgan fingerprint density at radius 2 is 2.19 bits per heavy atom. The van der Waals surface area contributed by atoms with Crippen LogP contribution in [0.4, 0.5) is 0 Å². The molecule has 5 nitrogen and oxygen atoms in total. The number of ether oxygens (including phenoxy) is 2. The summed E-state index contributed by atoms with van der Waals surface area (Å²) in [7, 11) is -3.35. The van der Waals surface area contributed by atoms with Crippen LogP contribution in [0.25, 0.3) is 0 Å². The molecule has 90 valence electrons. The van der Waals surface area contributed by atoms with Crippen molar-refractivity contribution in [1.82, 2.24) is 4.72 Å². The van der Waals surface area contributed by atoms with Gasteiger partial charge in [0.25, 0.3) is 0 Å². The molecule has 1 fully saturated rings. The Labute approximate surface area is 98.4 Å². The summed E-state index contributed by atoms with van der Waals surface area (Å²) in [5.74, 6) is 0. The summed E-state index contributed by atoms with van der Waals surface area (Å²) in [4.78, 5) is 0. The summed E-state index contributed by atoms with van der Waals surface area (Å²) in [5.41, 5.74) is 0. The Hall–Kier alpha value is -0.470. The maximum atomic E-state index is 11.7. The number of hydrogen-bond donors (Lipinski definition) is 1. The molecule has 0 radical (unpaired) electrons. The van der Waals surface area contributed by atoms with Crippen molar-refractivity contribution in [3.8, 4) is 0 Å². The summed E-state index contributed by atoms with van der Waals surface area (Å²) >= 11 is 1.20. The van der Waals surface area contributed by atoms with E-state index in [2.05, 4.69) is 4.72 Å². The van der Waals surface area contributed by atoms with Crippen molar-refractivity contribution < 1.29 is 17.9 Å². The summed E-state index contributed by atoms with van der Waals surface area (Å²) in [6.07, 6.45) is 0.260. The average Bonchev–Trinajstić information content (AvgIpc) is 2.90. The van der Waals surface area contributed by atoms with E-state index in [0.29, 0.717) is 30.4 Å². The van der Waals surface area contributed by atoms with Crippen LogP contribution in [-0.4, -0.2) is 34.5 Å². The third-order valence-corrected chi connectivity index (χ3v) is 4.98. The van der Waals surface area contributed by atoms with Gasteiger partial charge in [0.15, 0.2) is 6.29 Å². The first-order valence-electron chi connectivity index (χ1n) is 4.95. The molecule has 0 spiro atoms. The minimum atomic E-state index is -3.35. The van der Waals surface area contributed by atoms with E-state index in [1.165, 1.54) is 11.3 Å². The number of rotatable bonds is 5. The van der Waals surface area contributed by atoms with E-state index in [0.717, 1.165) is 0 Å². The molecule has 0 unspecified atom stereocenters. The number of nitrogens with one attached hydrogen (secondary N) is 1. The quantitative estimate of drug-likeness (QED) is 0.853. The van der Waals surface area contributed by atoms with Crippen molar-refractivity contribution in [1.29, 1.82) is 0 Å². The predicted octanol–water partition coefficient (Wildman–Crippen LogP) is 0.789. The van der Waals surface area contributed by atoms with E-state index >= 15 is 0 Å². The van der Waals surface area contributed by atoms with Gasteiger partial charge < -0.3 is 9.47 Å². The Balaban J connectivity index is 1.81. The molecule has 1 N–H and O–H groups in total. The van der Waals surface area contributed by atoms with E-state index in [1.54, 1.807) is 17.5 Å². The molecule has 0 amide bonds. The highest BCUT2D eigenvalue weighted by Gasteiger charge is 2.18. The summed E-state index contributed by atoms with van der Waals surface area (Å²) in [5, 5.41) is 1.73. The molecule has 7 heteroatoms. The molecule has 0 saturated carbocycles. The SMILES string of the molecule is O=S(=O)(NCCC1OCCO1)c1cccs1. The van der Waals surface area contributed by atoms with Gasteiger partial charge >= 0.3 is 0 Å². The monoisotopic (exact) mass is 263 g/mol. The predicted molar refractivity (Wildman–Crippen MR) is 59.8 cm³/mol. The van der Waals surface area contributed by atoms with Gasteiger partial charge in [0.05, 0.1) is 13.2 Å². The maximum Gasteiger partial charge on any atom is 0.250 e. The molecule has 0 atom stereocenters. The smallest absolute Gasteiger partial charge is 0.250 e. The van der Waals surface area contributed by atoms with Crippen LogP contribution in [0.15, 0.2) is 21.7 Å². The van der Waals surface area contributed by atoms with Gasteiger partial charge in [-0.15, -0.1) is 11.3 Å². The number of thiophene rings is 1. The van der Waals surface area contributed by atoms with Crippen LogP contribution in [0.1, 0.15) is 6.42 Å². The lowest BCUT2D eigenvalue weighted by molar-refractivity contribution is -0.0451. The zero-order valence-corrected chi connectivity index (χ0v) is 10.2. The first-order chi connectivity index (χ1) is 7.68. The van der Waals surface area contributed by atoms with Crippen molar-refractivity contribution in [3.05, 3.63) is 17.5 Å². The van der Waals surface area contributed by atoms with Crippen molar-refractivity contribution >= 4 is 21.4 Å².